The molecule has 3 aromatic rings. The summed E-state index contributed by atoms with van der Waals surface area (Å²) in [5.74, 6) is -0.801. The zero-order chi connectivity index (χ0) is 29.6. The minimum absolute atomic E-state index is 0.0238. The molecule has 1 aliphatic heterocycles. The zero-order valence-electron chi connectivity index (χ0n) is 22.1. The number of furan rings is 1. The van der Waals surface area contributed by atoms with Crippen LogP contribution in [0.2, 0.25) is 0 Å². The third-order valence-electron chi connectivity index (χ3n) is 5.97. The Morgan fingerprint density at radius 2 is 1.85 bits per heavy atom. The van der Waals surface area contributed by atoms with E-state index < -0.39 is 21.8 Å². The fraction of sp³-hybridized carbons (Fsp3) is 0.179. The molecule has 41 heavy (non-hydrogen) atoms. The molecule has 212 valence electrons. The van der Waals surface area contributed by atoms with Gasteiger partial charge >= 0.3 is 0 Å². The SMILES string of the molecule is CCOc1ccccc1NC(=O)CSC1=C(C#N)C(c2ccco2)C(C(=O)Nc2ccc(S(N)(=O)=O)cc2)=C(C)N1. The third-order valence-corrected chi connectivity index (χ3v) is 7.92. The van der Waals surface area contributed by atoms with E-state index in [0.717, 1.165) is 11.8 Å². The largest absolute Gasteiger partial charge is 0.492 e. The molecule has 0 saturated carbocycles. The molecule has 0 spiro atoms. The highest BCUT2D eigenvalue weighted by Crippen LogP contribution is 2.41. The van der Waals surface area contributed by atoms with E-state index in [-0.39, 0.29) is 27.7 Å². The summed E-state index contributed by atoms with van der Waals surface area (Å²) in [4.78, 5) is 26.2. The number of nitrogens with zero attached hydrogens (tertiary/aromatic N) is 1. The maximum Gasteiger partial charge on any atom is 0.254 e. The molecule has 0 aliphatic carbocycles. The minimum Gasteiger partial charge on any atom is -0.492 e. The van der Waals surface area contributed by atoms with Crippen molar-refractivity contribution >= 4 is 45.0 Å². The van der Waals surface area contributed by atoms with Gasteiger partial charge in [-0.2, -0.15) is 5.26 Å². The number of anilines is 2. The monoisotopic (exact) mass is 593 g/mol. The van der Waals surface area contributed by atoms with Crippen molar-refractivity contribution in [3.63, 3.8) is 0 Å². The van der Waals surface area contributed by atoms with E-state index in [0.29, 0.717) is 40.2 Å². The van der Waals surface area contributed by atoms with Crippen molar-refractivity contribution in [2.45, 2.75) is 24.7 Å². The summed E-state index contributed by atoms with van der Waals surface area (Å²) in [7, 11) is -3.89. The lowest BCUT2D eigenvalue weighted by Crippen LogP contribution is -2.31. The van der Waals surface area contributed by atoms with Gasteiger partial charge in [-0.1, -0.05) is 23.9 Å². The van der Waals surface area contributed by atoms with E-state index in [1.54, 1.807) is 37.3 Å². The second-order valence-electron chi connectivity index (χ2n) is 8.76. The van der Waals surface area contributed by atoms with Crippen LogP contribution >= 0.6 is 11.8 Å². The Hall–Kier alpha value is -4.51. The number of para-hydroxylation sites is 2. The normalized spacial score (nSPS) is 15.1. The smallest absolute Gasteiger partial charge is 0.254 e. The Bertz CT molecular complexity index is 1660. The molecule has 0 fully saturated rings. The van der Waals surface area contributed by atoms with Crippen molar-refractivity contribution in [1.82, 2.24) is 5.32 Å². The van der Waals surface area contributed by atoms with Gasteiger partial charge in [-0.25, -0.2) is 13.6 Å². The number of dihydropyridines is 1. The Morgan fingerprint density at radius 3 is 2.49 bits per heavy atom. The van der Waals surface area contributed by atoms with Crippen LogP contribution in [0.3, 0.4) is 0 Å². The van der Waals surface area contributed by atoms with Crippen LogP contribution in [0.5, 0.6) is 5.75 Å². The molecular formula is C28H27N5O6S2. The molecule has 4 rings (SSSR count). The first-order valence-corrected chi connectivity index (χ1v) is 14.9. The zero-order valence-corrected chi connectivity index (χ0v) is 23.8. The summed E-state index contributed by atoms with van der Waals surface area (Å²) in [5, 5.41) is 24.4. The van der Waals surface area contributed by atoms with E-state index >= 15 is 0 Å². The Labute approximate surface area is 241 Å². The summed E-state index contributed by atoms with van der Waals surface area (Å²) in [5.41, 5.74) is 1.74. The third kappa shape index (κ3) is 6.98. The molecule has 11 nitrogen and oxygen atoms in total. The van der Waals surface area contributed by atoms with E-state index in [1.165, 1.54) is 30.5 Å². The van der Waals surface area contributed by atoms with Gasteiger partial charge in [0.2, 0.25) is 15.9 Å². The second kappa shape index (κ2) is 12.8. The fourth-order valence-electron chi connectivity index (χ4n) is 4.17. The molecule has 1 unspecified atom stereocenters. The predicted molar refractivity (Wildman–Crippen MR) is 155 cm³/mol. The molecule has 1 aliphatic rings. The van der Waals surface area contributed by atoms with Crippen LogP contribution in [0.1, 0.15) is 25.5 Å². The van der Waals surface area contributed by atoms with Gasteiger partial charge in [0.1, 0.15) is 11.5 Å². The number of nitrogens with one attached hydrogen (secondary N) is 3. The number of nitriles is 1. The number of primary sulfonamides is 1. The van der Waals surface area contributed by atoms with Crippen molar-refractivity contribution < 1.29 is 27.2 Å². The molecule has 2 heterocycles. The topological polar surface area (TPSA) is 177 Å². The lowest BCUT2D eigenvalue weighted by atomic mass is 9.85. The summed E-state index contributed by atoms with van der Waals surface area (Å²) < 4.78 is 34.3. The number of allylic oxidation sites excluding steroid dienone is 2. The molecule has 0 saturated heterocycles. The van der Waals surface area contributed by atoms with Gasteiger partial charge in [-0.15, -0.1) is 0 Å². The van der Waals surface area contributed by atoms with Gasteiger partial charge in [0.05, 0.1) is 57.4 Å². The Balaban J connectivity index is 1.56. The first kappa shape index (κ1) is 29.5. The van der Waals surface area contributed by atoms with Crippen LogP contribution in [-0.2, 0) is 19.6 Å². The number of hydrogen-bond acceptors (Lipinski definition) is 9. The van der Waals surface area contributed by atoms with E-state index in [1.807, 2.05) is 13.0 Å². The fourth-order valence-corrected chi connectivity index (χ4v) is 5.58. The molecule has 5 N–H and O–H groups in total. The number of benzene rings is 2. The van der Waals surface area contributed by atoms with Gasteiger partial charge in [-0.3, -0.25) is 9.59 Å². The van der Waals surface area contributed by atoms with Gasteiger partial charge in [0.25, 0.3) is 5.91 Å². The summed E-state index contributed by atoms with van der Waals surface area (Å²) in [6, 6.07) is 18.0. The maximum absolute atomic E-state index is 13.5. The van der Waals surface area contributed by atoms with E-state index in [9.17, 15) is 23.3 Å². The maximum atomic E-state index is 13.5. The summed E-state index contributed by atoms with van der Waals surface area (Å²) in [6.45, 7) is 3.98. The Morgan fingerprint density at radius 1 is 1.12 bits per heavy atom. The molecule has 2 amide bonds. The summed E-state index contributed by atoms with van der Waals surface area (Å²) in [6.07, 6.45) is 1.44. The van der Waals surface area contributed by atoms with Crippen LogP contribution in [-0.4, -0.2) is 32.6 Å². The molecule has 1 aromatic heterocycles. The number of nitrogens with two attached hydrogens (primary N) is 1. The van der Waals surface area contributed by atoms with Crippen LogP contribution in [0.25, 0.3) is 0 Å². The quantitative estimate of drug-likeness (QED) is 0.270. The van der Waals surface area contributed by atoms with Crippen molar-refractivity contribution in [2.75, 3.05) is 23.0 Å². The number of carbonyl (C=O) groups excluding carboxylic acids is 2. The molecule has 1 atom stereocenters. The summed E-state index contributed by atoms with van der Waals surface area (Å²) >= 11 is 1.12. The molecule has 0 radical (unpaired) electrons. The minimum atomic E-state index is -3.89. The first-order valence-electron chi connectivity index (χ1n) is 12.4. The second-order valence-corrected chi connectivity index (χ2v) is 11.3. The van der Waals surface area contributed by atoms with Crippen LogP contribution in [0, 0.1) is 11.3 Å². The van der Waals surface area contributed by atoms with Gasteiger partial charge < -0.3 is 25.1 Å². The van der Waals surface area contributed by atoms with Gasteiger partial charge in [-0.05, 0) is 62.4 Å². The van der Waals surface area contributed by atoms with Gasteiger partial charge in [0.15, 0.2) is 0 Å². The highest BCUT2D eigenvalue weighted by molar-refractivity contribution is 8.03. The van der Waals surface area contributed by atoms with Crippen LogP contribution < -0.4 is 25.8 Å². The lowest BCUT2D eigenvalue weighted by Gasteiger charge is -2.28. The number of rotatable bonds is 10. The molecular weight excluding hydrogens is 566 g/mol. The first-order chi connectivity index (χ1) is 19.6. The number of ether oxygens (including phenoxy) is 1. The van der Waals surface area contributed by atoms with Crippen molar-refractivity contribution in [2.24, 2.45) is 5.14 Å². The van der Waals surface area contributed by atoms with Crippen molar-refractivity contribution in [1.29, 1.82) is 5.26 Å². The lowest BCUT2D eigenvalue weighted by molar-refractivity contribution is -0.114. The number of thioether (sulfide) groups is 1. The number of hydrogen-bond donors (Lipinski definition) is 4. The van der Waals surface area contributed by atoms with Crippen molar-refractivity contribution in [3.8, 4) is 11.8 Å². The average molecular weight is 594 g/mol. The Kier molecular flexibility index (Phi) is 9.18. The van der Waals surface area contributed by atoms with Crippen LogP contribution in [0.15, 0.2) is 98.1 Å². The number of amides is 2. The van der Waals surface area contributed by atoms with E-state index in [2.05, 4.69) is 22.0 Å². The number of sulfonamides is 1. The highest BCUT2D eigenvalue weighted by atomic mass is 32.2. The van der Waals surface area contributed by atoms with E-state index in [4.69, 9.17) is 14.3 Å². The molecule has 0 bridgehead atoms. The standard InChI is InChI=1S/C28H27N5O6S2/c1-3-38-22-8-5-4-7-21(22)33-24(34)16-40-28-20(15-29)26(23-9-6-14-39-23)25(17(2)31-28)27(35)32-18-10-12-19(13-11-18)41(30,36)37/h4-14,26,31H,3,16H2,1-2H3,(H,32,35)(H,33,34)(H2,30,36,37). The molecule has 13 heteroatoms. The predicted octanol–water partition coefficient (Wildman–Crippen LogP) is 4.03. The molecule has 2 aromatic carbocycles. The average Bonchev–Trinajstić information content (AvgIpc) is 3.47. The van der Waals surface area contributed by atoms with Crippen LogP contribution in [0.4, 0.5) is 11.4 Å². The number of carbonyl (C=O) groups is 2. The van der Waals surface area contributed by atoms with Gasteiger partial charge in [0, 0.05) is 11.4 Å². The highest BCUT2D eigenvalue weighted by Gasteiger charge is 2.36. The van der Waals surface area contributed by atoms with Crippen molar-refractivity contribution in [3.05, 3.63) is 94.6 Å².